The molecule has 0 amide bonds. The summed E-state index contributed by atoms with van der Waals surface area (Å²) in [5.41, 5.74) is 1.96. The second-order valence-corrected chi connectivity index (χ2v) is 5.29. The summed E-state index contributed by atoms with van der Waals surface area (Å²) < 4.78 is 5.82. The Kier molecular flexibility index (Phi) is 4.15. The lowest BCUT2D eigenvalue weighted by Gasteiger charge is -2.12. The fourth-order valence-electron chi connectivity index (χ4n) is 2.55. The summed E-state index contributed by atoms with van der Waals surface area (Å²) in [6, 6.07) is 17.6. The smallest absolute Gasteiger partial charge is 0.158 e. The van der Waals surface area contributed by atoms with Crippen LogP contribution in [0.2, 0.25) is 0 Å². The molecule has 1 saturated carbocycles. The lowest BCUT2D eigenvalue weighted by Crippen LogP contribution is -2.07. The van der Waals surface area contributed by atoms with Crippen LogP contribution in [0, 0.1) is 0 Å². The van der Waals surface area contributed by atoms with Gasteiger partial charge in [-0.3, -0.25) is 4.79 Å². The van der Waals surface area contributed by atoms with Crippen molar-refractivity contribution >= 4 is 11.9 Å². The largest absolute Gasteiger partial charge is 0.457 e. The maximum absolute atomic E-state index is 11.9. The lowest BCUT2D eigenvalue weighted by molar-refractivity contribution is -0.116. The zero-order chi connectivity index (χ0) is 14.5. The van der Waals surface area contributed by atoms with Gasteiger partial charge in [-0.15, -0.1) is 0 Å². The molecule has 0 saturated heterocycles. The molecule has 1 fully saturated rings. The highest BCUT2D eigenvalue weighted by Gasteiger charge is 2.14. The van der Waals surface area contributed by atoms with E-state index in [2.05, 4.69) is 0 Å². The van der Waals surface area contributed by atoms with E-state index in [-0.39, 0.29) is 5.78 Å². The van der Waals surface area contributed by atoms with Crippen LogP contribution in [0.4, 0.5) is 0 Å². The fourth-order valence-corrected chi connectivity index (χ4v) is 2.55. The molecule has 0 aliphatic heterocycles. The molecule has 0 unspecified atom stereocenters. The number of rotatable bonds is 3. The Morgan fingerprint density at radius 1 is 0.857 bits per heavy atom. The number of carbonyl (C=O) groups is 1. The van der Waals surface area contributed by atoms with Crippen molar-refractivity contribution in [2.75, 3.05) is 0 Å². The average molecular weight is 278 g/mol. The first kappa shape index (κ1) is 13.6. The van der Waals surface area contributed by atoms with Crippen molar-refractivity contribution in [2.24, 2.45) is 0 Å². The summed E-state index contributed by atoms with van der Waals surface area (Å²) >= 11 is 0. The van der Waals surface area contributed by atoms with Crippen molar-refractivity contribution in [1.29, 1.82) is 0 Å². The van der Waals surface area contributed by atoms with Crippen LogP contribution in [0.25, 0.3) is 6.08 Å². The predicted molar refractivity (Wildman–Crippen MR) is 84.4 cm³/mol. The van der Waals surface area contributed by atoms with Crippen molar-refractivity contribution in [3.63, 3.8) is 0 Å². The number of hydrogen-bond acceptors (Lipinski definition) is 2. The van der Waals surface area contributed by atoms with Gasteiger partial charge < -0.3 is 4.74 Å². The Bertz CT molecular complexity index is 656. The monoisotopic (exact) mass is 278 g/mol. The first-order chi connectivity index (χ1) is 10.3. The van der Waals surface area contributed by atoms with E-state index in [0.29, 0.717) is 6.42 Å². The Labute approximate surface area is 125 Å². The third kappa shape index (κ3) is 3.60. The summed E-state index contributed by atoms with van der Waals surface area (Å²) in [5.74, 6) is 1.89. The SMILES string of the molecule is O=C1CCCCC1=Cc1cccc(Oc2ccccc2)c1. The van der Waals surface area contributed by atoms with Crippen molar-refractivity contribution in [3.8, 4) is 11.5 Å². The number of carbonyl (C=O) groups excluding carboxylic acids is 1. The van der Waals surface area contributed by atoms with E-state index < -0.39 is 0 Å². The zero-order valence-electron chi connectivity index (χ0n) is 11.9. The second-order valence-electron chi connectivity index (χ2n) is 5.29. The molecular weight excluding hydrogens is 260 g/mol. The third-order valence-corrected chi connectivity index (χ3v) is 3.64. The van der Waals surface area contributed by atoms with E-state index in [9.17, 15) is 4.79 Å². The van der Waals surface area contributed by atoms with Crippen molar-refractivity contribution < 1.29 is 9.53 Å². The van der Waals surface area contributed by atoms with Gasteiger partial charge in [0.1, 0.15) is 11.5 Å². The third-order valence-electron chi connectivity index (χ3n) is 3.64. The van der Waals surface area contributed by atoms with Gasteiger partial charge in [0.2, 0.25) is 0 Å². The van der Waals surface area contributed by atoms with Crippen LogP contribution in [0.5, 0.6) is 11.5 Å². The van der Waals surface area contributed by atoms with E-state index in [1.807, 2.05) is 60.7 Å². The number of benzene rings is 2. The number of Topliss-reactive ketones (excluding diaryl/α,β-unsaturated/α-hetero) is 1. The van der Waals surface area contributed by atoms with Crippen LogP contribution in [-0.4, -0.2) is 5.78 Å². The Balaban J connectivity index is 1.80. The zero-order valence-corrected chi connectivity index (χ0v) is 11.9. The number of ketones is 1. The van der Waals surface area contributed by atoms with Crippen molar-refractivity contribution in [2.45, 2.75) is 25.7 Å². The maximum Gasteiger partial charge on any atom is 0.158 e. The molecule has 0 N–H and O–H groups in total. The number of para-hydroxylation sites is 1. The molecule has 0 atom stereocenters. The molecule has 2 aromatic rings. The van der Waals surface area contributed by atoms with Crippen LogP contribution >= 0.6 is 0 Å². The number of ether oxygens (including phenoxy) is 1. The minimum Gasteiger partial charge on any atom is -0.457 e. The van der Waals surface area contributed by atoms with Crippen LogP contribution < -0.4 is 4.74 Å². The number of hydrogen-bond donors (Lipinski definition) is 0. The van der Waals surface area contributed by atoms with Crippen LogP contribution in [0.3, 0.4) is 0 Å². The van der Waals surface area contributed by atoms with Crippen LogP contribution in [-0.2, 0) is 4.79 Å². The second kappa shape index (κ2) is 6.40. The molecule has 0 radical (unpaired) electrons. The summed E-state index contributed by atoms with van der Waals surface area (Å²) in [6.45, 7) is 0. The molecule has 2 heteroatoms. The first-order valence-corrected chi connectivity index (χ1v) is 7.38. The standard InChI is InChI=1S/C19H18O2/c20-19-12-5-4-8-16(19)13-15-7-6-11-18(14-15)21-17-9-2-1-3-10-17/h1-3,6-7,9-11,13-14H,4-5,8,12H2. The highest BCUT2D eigenvalue weighted by atomic mass is 16.5. The van der Waals surface area contributed by atoms with E-state index in [4.69, 9.17) is 4.74 Å². The minimum absolute atomic E-state index is 0.288. The van der Waals surface area contributed by atoms with Gasteiger partial charge in [0.25, 0.3) is 0 Å². The van der Waals surface area contributed by atoms with Gasteiger partial charge in [-0.2, -0.15) is 0 Å². The van der Waals surface area contributed by atoms with Gasteiger partial charge in [-0.05, 0) is 60.7 Å². The molecule has 0 bridgehead atoms. The Hall–Kier alpha value is -2.35. The summed E-state index contributed by atoms with van der Waals surface area (Å²) in [4.78, 5) is 11.9. The molecule has 2 aromatic carbocycles. The van der Waals surface area contributed by atoms with Crippen LogP contribution in [0.15, 0.2) is 60.2 Å². The van der Waals surface area contributed by atoms with Gasteiger partial charge in [0.05, 0.1) is 0 Å². The van der Waals surface area contributed by atoms with E-state index >= 15 is 0 Å². The summed E-state index contributed by atoms with van der Waals surface area (Å²) in [6.07, 6.45) is 5.71. The van der Waals surface area contributed by atoms with Gasteiger partial charge in [-0.1, -0.05) is 30.3 Å². The van der Waals surface area contributed by atoms with E-state index in [1.54, 1.807) is 0 Å². The molecule has 0 aromatic heterocycles. The van der Waals surface area contributed by atoms with E-state index in [1.165, 1.54) is 0 Å². The molecule has 0 heterocycles. The molecule has 106 valence electrons. The molecule has 1 aliphatic rings. The highest BCUT2D eigenvalue weighted by molar-refractivity contribution is 6.00. The average Bonchev–Trinajstić information content (AvgIpc) is 2.51. The molecule has 0 spiro atoms. The fraction of sp³-hybridized carbons (Fsp3) is 0.211. The van der Waals surface area contributed by atoms with Gasteiger partial charge >= 0.3 is 0 Å². The van der Waals surface area contributed by atoms with Gasteiger partial charge in [-0.25, -0.2) is 0 Å². The minimum atomic E-state index is 0.288. The summed E-state index contributed by atoms with van der Waals surface area (Å²) in [7, 11) is 0. The molecule has 1 aliphatic carbocycles. The van der Waals surface area contributed by atoms with Gasteiger partial charge in [0, 0.05) is 6.42 Å². The number of allylic oxidation sites excluding steroid dienone is 1. The highest BCUT2D eigenvalue weighted by Crippen LogP contribution is 2.25. The normalized spacial score (nSPS) is 17.0. The quantitative estimate of drug-likeness (QED) is 0.738. The Morgan fingerprint density at radius 2 is 1.62 bits per heavy atom. The summed E-state index contributed by atoms with van der Waals surface area (Å²) in [5, 5.41) is 0. The van der Waals surface area contributed by atoms with Crippen LogP contribution in [0.1, 0.15) is 31.2 Å². The van der Waals surface area contributed by atoms with E-state index in [0.717, 1.165) is 41.9 Å². The molecule has 3 rings (SSSR count). The first-order valence-electron chi connectivity index (χ1n) is 7.38. The lowest BCUT2D eigenvalue weighted by atomic mass is 9.92. The van der Waals surface area contributed by atoms with Gasteiger partial charge in [0.15, 0.2) is 5.78 Å². The van der Waals surface area contributed by atoms with Crippen molar-refractivity contribution in [1.82, 2.24) is 0 Å². The molecule has 21 heavy (non-hydrogen) atoms. The molecule has 2 nitrogen and oxygen atoms in total. The Morgan fingerprint density at radius 3 is 2.43 bits per heavy atom. The molecular formula is C19H18O2. The topological polar surface area (TPSA) is 26.3 Å². The maximum atomic E-state index is 11.9. The predicted octanol–water partition coefficient (Wildman–Crippen LogP) is 5.01. The van der Waals surface area contributed by atoms with Crippen molar-refractivity contribution in [3.05, 3.63) is 65.7 Å².